The molecule has 226 valence electrons. The third kappa shape index (κ3) is 3.86. The topological polar surface area (TPSA) is 103 Å². The van der Waals surface area contributed by atoms with Crippen LogP contribution in [0.1, 0.15) is 35.1 Å². The van der Waals surface area contributed by atoms with Gasteiger partial charge in [0.05, 0.1) is 23.7 Å². The van der Waals surface area contributed by atoms with Gasteiger partial charge in [-0.1, -0.05) is 97.1 Å². The van der Waals surface area contributed by atoms with Crippen molar-refractivity contribution in [3.05, 3.63) is 171 Å². The first-order chi connectivity index (χ1) is 22.4. The summed E-state index contributed by atoms with van der Waals surface area (Å²) in [4.78, 5) is 57.7. The number of hydrogen-bond acceptors (Lipinski definition) is 5. The van der Waals surface area contributed by atoms with Crippen LogP contribution in [0.25, 0.3) is 11.3 Å². The van der Waals surface area contributed by atoms with Crippen molar-refractivity contribution >= 4 is 17.1 Å². The summed E-state index contributed by atoms with van der Waals surface area (Å²) in [6.45, 7) is 0.109. The number of phenolic OH excluding ortho intramolecular Hbond substituents is 1. The van der Waals surface area contributed by atoms with Crippen LogP contribution < -0.4 is 11.4 Å². The average Bonchev–Trinajstić information content (AvgIpc) is 3.35. The van der Waals surface area contributed by atoms with Gasteiger partial charge in [-0.25, -0.2) is 23.5 Å². The van der Waals surface area contributed by atoms with Crippen molar-refractivity contribution in [3.8, 4) is 11.4 Å². The summed E-state index contributed by atoms with van der Waals surface area (Å²) >= 11 is 0. The highest BCUT2D eigenvalue weighted by atomic mass is 16.3. The number of benzene rings is 4. The number of carbonyl (C=O) groups is 2. The minimum Gasteiger partial charge on any atom is -0.508 e. The molecular formula is C38H29N3O5. The molecule has 46 heavy (non-hydrogen) atoms. The van der Waals surface area contributed by atoms with Crippen LogP contribution in [-0.2, 0) is 21.5 Å². The summed E-state index contributed by atoms with van der Waals surface area (Å²) in [6.07, 6.45) is 3.53. The Kier molecular flexibility index (Phi) is 6.28. The molecular weight excluding hydrogens is 578 g/mol. The van der Waals surface area contributed by atoms with Crippen LogP contribution in [0.5, 0.6) is 5.75 Å². The lowest BCUT2D eigenvalue weighted by molar-refractivity contribution is -0.133. The number of Topliss-reactive ketones (excluding diaryl/α,β-unsaturated/α-hetero) is 1. The minimum absolute atomic E-state index is 0.0233. The van der Waals surface area contributed by atoms with E-state index in [0.29, 0.717) is 28.0 Å². The second kappa shape index (κ2) is 10.4. The first-order valence-electron chi connectivity index (χ1n) is 15.3. The Morgan fingerprint density at radius 3 is 2.11 bits per heavy atom. The van der Waals surface area contributed by atoms with E-state index in [1.165, 1.54) is 15.4 Å². The summed E-state index contributed by atoms with van der Waals surface area (Å²) in [5.41, 5.74) is 1.17. The molecule has 8 heteroatoms. The highest BCUT2D eigenvalue weighted by Gasteiger charge is 2.63. The normalized spacial score (nSPS) is 23.5. The standard InChI is InChI=1S/C38H29N3O5/c42-28-18-10-13-25(21-28)34-29-19-20-39-36(45)40(27-16-8-3-9-17-27)37(46)41(39)32(29)23-31-35(44)30(24-11-4-1-5-12-24)22-33(43)38(31,34)26-14-6-2-7-15-26/h1-19,21-22,31-32,34,42H,20,23H2. The predicted octanol–water partition coefficient (Wildman–Crippen LogP) is 4.96. The Labute approximate surface area is 263 Å². The number of aromatic nitrogens is 3. The van der Waals surface area contributed by atoms with Gasteiger partial charge in [0.25, 0.3) is 0 Å². The molecule has 1 aliphatic heterocycles. The number of ketones is 2. The summed E-state index contributed by atoms with van der Waals surface area (Å²) in [7, 11) is 0. The van der Waals surface area contributed by atoms with E-state index >= 15 is 0 Å². The number of allylic oxidation sites excluding steroid dienone is 4. The predicted molar refractivity (Wildman–Crippen MR) is 173 cm³/mol. The summed E-state index contributed by atoms with van der Waals surface area (Å²) in [5.74, 6) is -1.99. The largest absolute Gasteiger partial charge is 0.508 e. The molecule has 1 saturated carbocycles. The summed E-state index contributed by atoms with van der Waals surface area (Å²) in [6, 6.07) is 33.3. The highest BCUT2D eigenvalue weighted by Crippen LogP contribution is 2.61. The maximum Gasteiger partial charge on any atom is 0.352 e. The van der Waals surface area contributed by atoms with E-state index in [1.54, 1.807) is 42.5 Å². The molecule has 0 saturated heterocycles. The van der Waals surface area contributed by atoms with E-state index in [4.69, 9.17) is 0 Å². The molecule has 0 bridgehead atoms. The van der Waals surface area contributed by atoms with E-state index < -0.39 is 34.7 Å². The van der Waals surface area contributed by atoms with Gasteiger partial charge in [0.15, 0.2) is 11.6 Å². The highest BCUT2D eigenvalue weighted by molar-refractivity contribution is 6.31. The van der Waals surface area contributed by atoms with Gasteiger partial charge >= 0.3 is 11.4 Å². The Balaban J connectivity index is 1.42. The first-order valence-corrected chi connectivity index (χ1v) is 15.3. The van der Waals surface area contributed by atoms with Gasteiger partial charge in [-0.3, -0.25) is 9.59 Å². The van der Waals surface area contributed by atoms with Crippen molar-refractivity contribution in [3.63, 3.8) is 0 Å². The Bertz CT molecular complexity index is 2210. The Hall–Kier alpha value is -5.76. The Morgan fingerprint density at radius 1 is 0.739 bits per heavy atom. The Morgan fingerprint density at radius 2 is 1.41 bits per heavy atom. The lowest BCUT2D eigenvalue weighted by Crippen LogP contribution is -2.58. The molecule has 0 amide bonds. The number of rotatable bonds is 4. The smallest absolute Gasteiger partial charge is 0.352 e. The summed E-state index contributed by atoms with van der Waals surface area (Å²) < 4.78 is 4.04. The third-order valence-electron chi connectivity index (χ3n) is 9.86. The minimum atomic E-state index is -1.36. The zero-order valence-electron chi connectivity index (χ0n) is 24.7. The molecule has 4 unspecified atom stereocenters. The lowest BCUT2D eigenvalue weighted by atomic mass is 9.47. The first kappa shape index (κ1) is 27.8. The second-order valence-electron chi connectivity index (χ2n) is 12.1. The molecule has 5 aromatic rings. The molecule has 4 atom stereocenters. The summed E-state index contributed by atoms with van der Waals surface area (Å²) in [5, 5.41) is 10.7. The van der Waals surface area contributed by atoms with Gasteiger partial charge in [-0.2, -0.15) is 0 Å². The number of para-hydroxylation sites is 1. The van der Waals surface area contributed by atoms with Gasteiger partial charge in [0, 0.05) is 17.4 Å². The molecule has 1 N–H and O–H groups in total. The van der Waals surface area contributed by atoms with Crippen LogP contribution in [0.3, 0.4) is 0 Å². The van der Waals surface area contributed by atoms with E-state index in [0.717, 1.165) is 10.1 Å². The van der Waals surface area contributed by atoms with Crippen molar-refractivity contribution in [2.24, 2.45) is 5.92 Å². The molecule has 0 spiro atoms. The second-order valence-corrected chi connectivity index (χ2v) is 12.1. The van der Waals surface area contributed by atoms with Crippen LogP contribution in [0, 0.1) is 5.92 Å². The van der Waals surface area contributed by atoms with Crippen molar-refractivity contribution in [1.82, 2.24) is 13.9 Å². The maximum absolute atomic E-state index is 14.9. The maximum atomic E-state index is 14.9. The number of nitrogens with zero attached hydrogens (tertiary/aromatic N) is 3. The molecule has 0 radical (unpaired) electrons. The SMILES string of the molecule is O=C1C(c2ccccc2)=CC(=O)C2(c3ccccc3)C1CC1C(=CCn3c(=O)n(-c4ccccc4)c(=O)n31)C2c1cccc(O)c1. The van der Waals surface area contributed by atoms with E-state index in [9.17, 15) is 24.3 Å². The van der Waals surface area contributed by atoms with Crippen molar-refractivity contribution in [2.45, 2.75) is 30.3 Å². The van der Waals surface area contributed by atoms with Crippen molar-refractivity contribution in [1.29, 1.82) is 0 Å². The van der Waals surface area contributed by atoms with E-state index in [-0.39, 0.29) is 30.3 Å². The molecule has 2 heterocycles. The van der Waals surface area contributed by atoms with Gasteiger partial charge in [-0.05, 0) is 59.0 Å². The zero-order chi connectivity index (χ0) is 31.6. The van der Waals surface area contributed by atoms with Crippen LogP contribution in [0.4, 0.5) is 0 Å². The lowest BCUT2D eigenvalue weighted by Gasteiger charge is -2.54. The van der Waals surface area contributed by atoms with Gasteiger partial charge < -0.3 is 5.11 Å². The van der Waals surface area contributed by atoms with Crippen molar-refractivity contribution in [2.75, 3.05) is 0 Å². The average molecular weight is 608 g/mol. The fraction of sp³-hybridized carbons (Fsp3) is 0.158. The quantitative estimate of drug-likeness (QED) is 0.291. The fourth-order valence-corrected chi connectivity index (χ4v) is 8.01. The monoisotopic (exact) mass is 607 g/mol. The van der Waals surface area contributed by atoms with Gasteiger partial charge in [0.1, 0.15) is 5.75 Å². The third-order valence-corrected chi connectivity index (χ3v) is 9.86. The molecule has 8 nitrogen and oxygen atoms in total. The molecule has 3 aliphatic rings. The molecule has 8 rings (SSSR count). The molecule has 4 aromatic carbocycles. The molecule has 1 aromatic heterocycles. The number of fused-ring (bicyclic) bond motifs is 4. The number of carbonyl (C=O) groups excluding carboxylic acids is 2. The van der Waals surface area contributed by atoms with Crippen LogP contribution in [0.15, 0.2) is 143 Å². The van der Waals surface area contributed by atoms with Crippen LogP contribution >= 0.6 is 0 Å². The molecule has 1 fully saturated rings. The fourth-order valence-electron chi connectivity index (χ4n) is 8.01. The van der Waals surface area contributed by atoms with Crippen LogP contribution in [-0.4, -0.2) is 30.6 Å². The van der Waals surface area contributed by atoms with Gasteiger partial charge in [-0.15, -0.1) is 0 Å². The molecule has 2 aliphatic carbocycles. The number of phenols is 1. The number of aromatic hydroxyl groups is 1. The van der Waals surface area contributed by atoms with E-state index in [2.05, 4.69) is 0 Å². The van der Waals surface area contributed by atoms with Crippen molar-refractivity contribution < 1.29 is 14.7 Å². The zero-order valence-corrected chi connectivity index (χ0v) is 24.7. The van der Waals surface area contributed by atoms with Crippen LogP contribution in [0.2, 0.25) is 0 Å². The van der Waals surface area contributed by atoms with Gasteiger partial charge in [0.2, 0.25) is 0 Å². The van der Waals surface area contributed by atoms with E-state index in [1.807, 2.05) is 78.9 Å². The number of hydrogen-bond donors (Lipinski definition) is 1.